The topological polar surface area (TPSA) is 39.4 Å². The number of fused-ring (bicyclic) bond motifs is 1. The van der Waals surface area contributed by atoms with Gasteiger partial charge in [-0.25, -0.2) is 0 Å². The van der Waals surface area contributed by atoms with Gasteiger partial charge in [0.2, 0.25) is 0 Å². The van der Waals surface area contributed by atoms with E-state index in [2.05, 4.69) is 0 Å². The molecule has 0 amide bonds. The van der Waals surface area contributed by atoms with Crippen LogP contribution >= 0.6 is 11.6 Å². The second-order valence-electron chi connectivity index (χ2n) is 3.03. The molecule has 1 aromatic heterocycles. The molecule has 2 rings (SSSR count). The van der Waals surface area contributed by atoms with Gasteiger partial charge in [0.05, 0.1) is 12.2 Å². The van der Waals surface area contributed by atoms with Crippen LogP contribution in [-0.2, 0) is 0 Å². The summed E-state index contributed by atoms with van der Waals surface area (Å²) in [4.78, 5) is 10.8. The van der Waals surface area contributed by atoms with E-state index in [1.807, 2.05) is 6.92 Å². The Balaban J connectivity index is 2.62. The maximum absolute atomic E-state index is 10.8. The van der Waals surface area contributed by atoms with Gasteiger partial charge in [0.15, 0.2) is 11.5 Å². The monoisotopic (exact) mass is 224 g/mol. The van der Waals surface area contributed by atoms with E-state index in [1.165, 1.54) is 0 Å². The number of ether oxygens (including phenoxy) is 1. The largest absolute Gasteiger partial charge is 0.493 e. The Morgan fingerprint density at radius 1 is 1.47 bits per heavy atom. The summed E-state index contributed by atoms with van der Waals surface area (Å²) < 4.78 is 10.5. The molecule has 0 aliphatic heterocycles. The molecule has 1 aromatic carbocycles. The maximum atomic E-state index is 10.8. The van der Waals surface area contributed by atoms with Crippen molar-refractivity contribution >= 4 is 28.9 Å². The molecule has 1 heterocycles. The highest BCUT2D eigenvalue weighted by Gasteiger charge is 2.08. The van der Waals surface area contributed by atoms with Crippen LogP contribution in [0.2, 0.25) is 5.22 Å². The normalized spacial score (nSPS) is 10.5. The molecular formula is C11H9ClO3. The fourth-order valence-electron chi connectivity index (χ4n) is 1.42. The second kappa shape index (κ2) is 3.95. The predicted octanol–water partition coefficient (Wildman–Crippen LogP) is 3.30. The average molecular weight is 225 g/mol. The Bertz CT molecular complexity index is 502. The van der Waals surface area contributed by atoms with Crippen LogP contribution in [0.1, 0.15) is 17.3 Å². The lowest BCUT2D eigenvalue weighted by Crippen LogP contribution is -1.95. The third-order valence-corrected chi connectivity index (χ3v) is 2.23. The molecule has 0 aliphatic rings. The van der Waals surface area contributed by atoms with Crippen molar-refractivity contribution in [1.82, 2.24) is 0 Å². The third kappa shape index (κ3) is 1.83. The Labute approximate surface area is 91.6 Å². The molecule has 0 aliphatic carbocycles. The van der Waals surface area contributed by atoms with Crippen LogP contribution < -0.4 is 4.74 Å². The average Bonchev–Trinajstić information content (AvgIpc) is 2.56. The Kier molecular flexibility index (Phi) is 2.64. The summed E-state index contributed by atoms with van der Waals surface area (Å²) in [5.41, 5.74) is 1.06. The Hall–Kier alpha value is -1.48. The second-order valence-corrected chi connectivity index (χ2v) is 3.40. The number of rotatable bonds is 3. The van der Waals surface area contributed by atoms with Crippen LogP contribution in [0.5, 0.6) is 5.75 Å². The number of benzene rings is 1. The summed E-state index contributed by atoms with van der Waals surface area (Å²) >= 11 is 5.71. The number of aldehydes is 1. The van der Waals surface area contributed by atoms with Crippen molar-refractivity contribution in [2.24, 2.45) is 0 Å². The van der Waals surface area contributed by atoms with E-state index in [0.717, 1.165) is 11.7 Å². The molecule has 15 heavy (non-hydrogen) atoms. The molecular weight excluding hydrogens is 216 g/mol. The van der Waals surface area contributed by atoms with Gasteiger partial charge in [0, 0.05) is 11.5 Å². The minimum atomic E-state index is 0.301. The molecule has 0 N–H and O–H groups in total. The van der Waals surface area contributed by atoms with E-state index in [0.29, 0.717) is 28.7 Å². The third-order valence-electron chi connectivity index (χ3n) is 2.05. The first-order valence-corrected chi connectivity index (χ1v) is 4.93. The molecule has 78 valence electrons. The standard InChI is InChI=1S/C11H9ClO3/c1-2-14-9-3-7-5-11(12)15-10(7)4-8(9)6-13/h3-6H,2H2,1H3. The van der Waals surface area contributed by atoms with Crippen molar-refractivity contribution < 1.29 is 13.9 Å². The van der Waals surface area contributed by atoms with Crippen LogP contribution in [0.15, 0.2) is 22.6 Å². The molecule has 0 atom stereocenters. The number of furan rings is 1. The summed E-state index contributed by atoms with van der Waals surface area (Å²) in [6.07, 6.45) is 0.737. The molecule has 0 bridgehead atoms. The smallest absolute Gasteiger partial charge is 0.194 e. The zero-order chi connectivity index (χ0) is 10.8. The summed E-state index contributed by atoms with van der Waals surface area (Å²) in [7, 11) is 0. The highest BCUT2D eigenvalue weighted by Crippen LogP contribution is 2.29. The van der Waals surface area contributed by atoms with Crippen LogP contribution in [0.25, 0.3) is 11.0 Å². The molecule has 0 radical (unpaired) electrons. The van der Waals surface area contributed by atoms with E-state index in [9.17, 15) is 4.79 Å². The van der Waals surface area contributed by atoms with Gasteiger partial charge >= 0.3 is 0 Å². The molecule has 4 heteroatoms. The Morgan fingerprint density at radius 2 is 2.27 bits per heavy atom. The van der Waals surface area contributed by atoms with E-state index in [1.54, 1.807) is 18.2 Å². The summed E-state index contributed by atoms with van der Waals surface area (Å²) in [6, 6.07) is 5.06. The Morgan fingerprint density at radius 3 is 2.93 bits per heavy atom. The SMILES string of the molecule is CCOc1cc2cc(Cl)oc2cc1C=O. The van der Waals surface area contributed by atoms with Gasteiger partial charge in [-0.05, 0) is 30.7 Å². The van der Waals surface area contributed by atoms with E-state index in [-0.39, 0.29) is 0 Å². The first-order chi connectivity index (χ1) is 7.24. The van der Waals surface area contributed by atoms with Crippen molar-refractivity contribution in [2.75, 3.05) is 6.61 Å². The minimum absolute atomic E-state index is 0.301. The van der Waals surface area contributed by atoms with Crippen molar-refractivity contribution in [1.29, 1.82) is 0 Å². The summed E-state index contributed by atoms with van der Waals surface area (Å²) in [5, 5.41) is 1.13. The number of carbonyl (C=O) groups excluding carboxylic acids is 1. The molecule has 0 saturated heterocycles. The lowest BCUT2D eigenvalue weighted by atomic mass is 10.1. The molecule has 0 spiro atoms. The molecule has 0 unspecified atom stereocenters. The molecule has 0 saturated carbocycles. The van der Waals surface area contributed by atoms with Crippen LogP contribution in [0, 0.1) is 0 Å². The number of hydrogen-bond donors (Lipinski definition) is 0. The zero-order valence-electron chi connectivity index (χ0n) is 8.12. The fourth-order valence-corrected chi connectivity index (χ4v) is 1.62. The van der Waals surface area contributed by atoms with Crippen molar-refractivity contribution in [2.45, 2.75) is 6.92 Å². The number of halogens is 1. The molecule has 0 fully saturated rings. The lowest BCUT2D eigenvalue weighted by molar-refractivity contribution is 0.112. The molecule has 3 nitrogen and oxygen atoms in total. The minimum Gasteiger partial charge on any atom is -0.493 e. The number of hydrogen-bond acceptors (Lipinski definition) is 3. The van der Waals surface area contributed by atoms with Gasteiger partial charge < -0.3 is 9.15 Å². The van der Waals surface area contributed by atoms with Crippen LogP contribution in [0.3, 0.4) is 0 Å². The van der Waals surface area contributed by atoms with Gasteiger partial charge in [-0.2, -0.15) is 0 Å². The molecule has 2 aromatic rings. The van der Waals surface area contributed by atoms with E-state index >= 15 is 0 Å². The van der Waals surface area contributed by atoms with Crippen LogP contribution in [0.4, 0.5) is 0 Å². The van der Waals surface area contributed by atoms with Gasteiger partial charge in [-0.1, -0.05) is 0 Å². The van der Waals surface area contributed by atoms with Gasteiger partial charge in [-0.3, -0.25) is 4.79 Å². The summed E-state index contributed by atoms with van der Waals surface area (Å²) in [5.74, 6) is 0.553. The lowest BCUT2D eigenvalue weighted by Gasteiger charge is -2.05. The van der Waals surface area contributed by atoms with Gasteiger partial charge in [-0.15, -0.1) is 0 Å². The van der Waals surface area contributed by atoms with Crippen molar-refractivity contribution in [3.8, 4) is 5.75 Å². The van der Waals surface area contributed by atoms with Crippen molar-refractivity contribution in [3.63, 3.8) is 0 Å². The fraction of sp³-hybridized carbons (Fsp3) is 0.182. The van der Waals surface area contributed by atoms with Gasteiger partial charge in [0.25, 0.3) is 0 Å². The first-order valence-electron chi connectivity index (χ1n) is 4.55. The first kappa shape index (κ1) is 10.1. The predicted molar refractivity (Wildman–Crippen MR) is 57.8 cm³/mol. The van der Waals surface area contributed by atoms with Crippen LogP contribution in [-0.4, -0.2) is 12.9 Å². The number of carbonyl (C=O) groups is 1. The highest BCUT2D eigenvalue weighted by molar-refractivity contribution is 6.29. The van der Waals surface area contributed by atoms with E-state index in [4.69, 9.17) is 20.8 Å². The quantitative estimate of drug-likeness (QED) is 0.751. The highest BCUT2D eigenvalue weighted by atomic mass is 35.5. The zero-order valence-corrected chi connectivity index (χ0v) is 8.88. The van der Waals surface area contributed by atoms with Gasteiger partial charge in [0.1, 0.15) is 11.3 Å². The summed E-state index contributed by atoms with van der Waals surface area (Å²) in [6.45, 7) is 2.37. The van der Waals surface area contributed by atoms with Crippen molar-refractivity contribution in [3.05, 3.63) is 29.0 Å². The maximum Gasteiger partial charge on any atom is 0.194 e. The van der Waals surface area contributed by atoms with E-state index < -0.39 is 0 Å².